The van der Waals surface area contributed by atoms with Crippen LogP contribution in [0.3, 0.4) is 0 Å². The van der Waals surface area contributed by atoms with E-state index in [0.29, 0.717) is 18.8 Å². The minimum atomic E-state index is -0.929. The molecule has 41 heavy (non-hydrogen) atoms. The van der Waals surface area contributed by atoms with Gasteiger partial charge in [0.15, 0.2) is 11.7 Å². The number of nitrogens with one attached hydrogen (secondary N) is 1. The molecule has 7 rings (SSSR count). The molecular weight excluding hydrogens is 516 g/mol. The summed E-state index contributed by atoms with van der Waals surface area (Å²) in [5, 5.41) is 15.0. The van der Waals surface area contributed by atoms with E-state index in [2.05, 4.69) is 76.6 Å². The van der Waals surface area contributed by atoms with Crippen LogP contribution in [0.4, 0.5) is 4.79 Å². The van der Waals surface area contributed by atoms with Crippen LogP contribution in [0.1, 0.15) is 65.4 Å². The number of tetrazole rings is 1. The Kier molecular flexibility index (Phi) is 5.82. The van der Waals surface area contributed by atoms with Crippen molar-refractivity contribution in [2.45, 2.75) is 90.1 Å². The second-order valence-corrected chi connectivity index (χ2v) is 13.2. The topological polar surface area (TPSA) is 111 Å². The number of amidine groups is 1. The number of amides is 3. The smallest absolute Gasteiger partial charge is 0.329 e. The van der Waals surface area contributed by atoms with Crippen LogP contribution in [0, 0.1) is 5.41 Å². The van der Waals surface area contributed by atoms with Crippen LogP contribution in [0.15, 0.2) is 53.5 Å². The van der Waals surface area contributed by atoms with Crippen molar-refractivity contribution in [2.75, 3.05) is 0 Å². The maximum atomic E-state index is 14.2. The molecule has 2 saturated carbocycles. The van der Waals surface area contributed by atoms with Crippen molar-refractivity contribution in [3.8, 4) is 22.5 Å². The fraction of sp³-hybridized carbons (Fsp3) is 0.484. The first-order valence-electron chi connectivity index (χ1n) is 14.6. The third-order valence-corrected chi connectivity index (χ3v) is 8.51. The molecule has 4 aliphatic rings. The highest BCUT2D eigenvalue weighted by atomic mass is 16.2. The Hall–Kier alpha value is -4.08. The second-order valence-electron chi connectivity index (χ2n) is 13.2. The van der Waals surface area contributed by atoms with Crippen molar-refractivity contribution < 1.29 is 9.59 Å². The van der Waals surface area contributed by atoms with Gasteiger partial charge >= 0.3 is 6.03 Å². The van der Waals surface area contributed by atoms with Gasteiger partial charge in [-0.15, -0.1) is 10.2 Å². The summed E-state index contributed by atoms with van der Waals surface area (Å²) in [6.45, 7) is 9.02. The van der Waals surface area contributed by atoms with Gasteiger partial charge in [-0.05, 0) is 66.0 Å². The summed E-state index contributed by atoms with van der Waals surface area (Å²) in [7, 11) is 0. The third-order valence-electron chi connectivity index (χ3n) is 8.51. The van der Waals surface area contributed by atoms with Crippen molar-refractivity contribution in [2.24, 2.45) is 10.4 Å². The van der Waals surface area contributed by atoms with Gasteiger partial charge in [0.25, 0.3) is 5.91 Å². The van der Waals surface area contributed by atoms with Gasteiger partial charge in [0, 0.05) is 30.6 Å². The monoisotopic (exact) mass is 552 g/mol. The van der Waals surface area contributed by atoms with Gasteiger partial charge in [-0.2, -0.15) is 5.21 Å². The summed E-state index contributed by atoms with van der Waals surface area (Å²) in [5.41, 5.74) is 2.95. The van der Waals surface area contributed by atoms with Crippen molar-refractivity contribution in [3.63, 3.8) is 0 Å². The number of rotatable bonds is 7. The number of aromatic amines is 1. The molecule has 2 aliphatic carbocycles. The van der Waals surface area contributed by atoms with E-state index in [4.69, 9.17) is 4.99 Å². The van der Waals surface area contributed by atoms with E-state index < -0.39 is 11.7 Å². The zero-order valence-corrected chi connectivity index (χ0v) is 24.0. The van der Waals surface area contributed by atoms with E-state index in [1.54, 1.807) is 4.90 Å². The Labute approximate surface area is 239 Å². The highest BCUT2D eigenvalue weighted by molar-refractivity contribution is 6.06. The predicted molar refractivity (Wildman–Crippen MR) is 154 cm³/mol. The fourth-order valence-corrected chi connectivity index (χ4v) is 6.46. The molecule has 0 spiro atoms. The average molecular weight is 553 g/mol. The molecule has 212 valence electrons. The van der Waals surface area contributed by atoms with E-state index >= 15 is 0 Å². The molecule has 3 aromatic rings. The van der Waals surface area contributed by atoms with Crippen molar-refractivity contribution >= 4 is 17.8 Å². The van der Waals surface area contributed by atoms with Gasteiger partial charge in [0.2, 0.25) is 5.82 Å². The Morgan fingerprint density at radius 3 is 2.34 bits per heavy atom. The molecule has 0 radical (unpaired) electrons. The van der Waals surface area contributed by atoms with Gasteiger partial charge in [-0.3, -0.25) is 14.6 Å². The van der Waals surface area contributed by atoms with E-state index in [1.807, 2.05) is 30.0 Å². The lowest BCUT2D eigenvalue weighted by Gasteiger charge is -2.49. The van der Waals surface area contributed by atoms with Crippen LogP contribution in [-0.2, 0) is 11.3 Å². The van der Waals surface area contributed by atoms with Crippen molar-refractivity contribution in [3.05, 3.63) is 54.1 Å². The minimum Gasteiger partial charge on any atom is -0.340 e. The standard InChI is InChI=1S/C31H36N8O2/c1-30(2,3)17-25-32-31(4)26(28(40)38(21-11-12-21)29(41)39(31)22-13-14-22)37(25)18-19-10-15-23(20-8-6-5-7-9-20)24(16-19)27-33-35-36-34-27/h5-10,15-16,21-22,26H,11-14,17-18H2,1-4H3,(H,33,34,35,36). The van der Waals surface area contributed by atoms with E-state index in [1.165, 1.54) is 0 Å². The molecule has 3 heterocycles. The summed E-state index contributed by atoms with van der Waals surface area (Å²) in [4.78, 5) is 38.9. The first-order chi connectivity index (χ1) is 19.6. The number of imide groups is 1. The summed E-state index contributed by atoms with van der Waals surface area (Å²) >= 11 is 0. The molecule has 1 N–H and O–H groups in total. The fourth-order valence-electron chi connectivity index (χ4n) is 6.46. The number of H-pyrrole nitrogens is 1. The Balaban J connectivity index is 1.31. The van der Waals surface area contributed by atoms with Crippen molar-refractivity contribution in [1.82, 2.24) is 35.3 Å². The first-order valence-corrected chi connectivity index (χ1v) is 14.6. The summed E-state index contributed by atoms with van der Waals surface area (Å²) in [5.74, 6) is 1.27. The van der Waals surface area contributed by atoms with Gasteiger partial charge in [0.1, 0.15) is 5.84 Å². The zero-order valence-electron chi connectivity index (χ0n) is 24.0. The number of carbonyl (C=O) groups is 2. The highest BCUT2D eigenvalue weighted by Crippen LogP contribution is 2.47. The zero-order chi connectivity index (χ0) is 28.5. The Morgan fingerprint density at radius 2 is 1.71 bits per heavy atom. The molecule has 2 atom stereocenters. The van der Waals surface area contributed by atoms with Crippen LogP contribution in [0.25, 0.3) is 22.5 Å². The van der Waals surface area contributed by atoms with Crippen LogP contribution in [0.2, 0.25) is 0 Å². The van der Waals surface area contributed by atoms with E-state index in [0.717, 1.165) is 53.8 Å². The van der Waals surface area contributed by atoms with Crippen LogP contribution >= 0.6 is 0 Å². The number of aliphatic imine (C=N–C) groups is 1. The quantitative estimate of drug-likeness (QED) is 0.448. The average Bonchev–Trinajstić information content (AvgIpc) is 3.85. The van der Waals surface area contributed by atoms with Gasteiger partial charge in [0.05, 0.1) is 0 Å². The summed E-state index contributed by atoms with van der Waals surface area (Å²) in [6.07, 6.45) is 4.37. The summed E-state index contributed by atoms with van der Waals surface area (Å²) in [6, 6.07) is 15.8. The maximum Gasteiger partial charge on any atom is 0.329 e. The Bertz CT molecular complexity index is 1520. The highest BCUT2D eigenvalue weighted by Gasteiger charge is 2.64. The maximum absolute atomic E-state index is 14.2. The molecule has 2 aliphatic heterocycles. The lowest BCUT2D eigenvalue weighted by atomic mass is 9.90. The molecule has 3 amide bonds. The molecule has 1 saturated heterocycles. The number of carbonyl (C=O) groups excluding carboxylic acids is 2. The number of hydrogen-bond acceptors (Lipinski definition) is 7. The second kappa shape index (κ2) is 9.22. The lowest BCUT2D eigenvalue weighted by Crippen LogP contribution is -2.72. The molecule has 1 aromatic heterocycles. The minimum absolute atomic E-state index is 0.00399. The molecule has 10 nitrogen and oxygen atoms in total. The van der Waals surface area contributed by atoms with Gasteiger partial charge in [-0.25, -0.2) is 9.79 Å². The SMILES string of the molecule is CC(C)(C)CC1=NC2(C)C(C(=O)N(C3CC3)C(=O)N2C2CC2)N1Cc1ccc(-c2ccccc2)c(-c2nn[nH]n2)c1. The third kappa shape index (κ3) is 4.49. The van der Waals surface area contributed by atoms with Gasteiger partial charge < -0.3 is 4.90 Å². The summed E-state index contributed by atoms with van der Waals surface area (Å²) < 4.78 is 0. The molecule has 2 aromatic carbocycles. The number of aromatic nitrogens is 4. The predicted octanol–water partition coefficient (Wildman–Crippen LogP) is 4.86. The first kappa shape index (κ1) is 25.9. The molecule has 2 unspecified atom stereocenters. The normalized spacial score (nSPS) is 24.6. The van der Waals surface area contributed by atoms with Crippen LogP contribution in [-0.4, -0.2) is 76.9 Å². The largest absolute Gasteiger partial charge is 0.340 e. The Morgan fingerprint density at radius 1 is 0.976 bits per heavy atom. The number of nitrogens with zero attached hydrogens (tertiary/aromatic N) is 7. The van der Waals surface area contributed by atoms with Crippen LogP contribution < -0.4 is 0 Å². The molecular formula is C31H36N8O2. The number of hydrogen-bond donors (Lipinski definition) is 1. The van der Waals surface area contributed by atoms with E-state index in [9.17, 15) is 9.59 Å². The number of urea groups is 1. The van der Waals surface area contributed by atoms with Crippen molar-refractivity contribution in [1.29, 1.82) is 0 Å². The lowest BCUT2D eigenvalue weighted by molar-refractivity contribution is -0.142. The molecule has 10 heteroatoms. The molecule has 3 fully saturated rings. The van der Waals surface area contributed by atoms with Gasteiger partial charge in [-0.1, -0.05) is 63.2 Å². The number of fused-ring (bicyclic) bond motifs is 1. The number of benzene rings is 2. The molecule has 0 bridgehead atoms. The van der Waals surface area contributed by atoms with Crippen LogP contribution in [0.5, 0.6) is 0 Å². The van der Waals surface area contributed by atoms with E-state index in [-0.39, 0.29) is 29.4 Å².